The SMILES string of the molecule is CC(=O)C(=Cc1ccc(C)cc1)C(=O)O. The van der Waals surface area contributed by atoms with Crippen molar-refractivity contribution in [2.45, 2.75) is 13.8 Å². The van der Waals surface area contributed by atoms with Crippen LogP contribution >= 0.6 is 0 Å². The van der Waals surface area contributed by atoms with Crippen LogP contribution in [0.4, 0.5) is 0 Å². The molecule has 3 nitrogen and oxygen atoms in total. The lowest BCUT2D eigenvalue weighted by molar-refractivity contribution is -0.134. The summed E-state index contributed by atoms with van der Waals surface area (Å²) in [6, 6.07) is 7.29. The van der Waals surface area contributed by atoms with Gasteiger partial charge in [0.1, 0.15) is 5.57 Å². The van der Waals surface area contributed by atoms with E-state index in [0.717, 1.165) is 5.56 Å². The second-order valence-electron chi connectivity index (χ2n) is 3.33. The van der Waals surface area contributed by atoms with Crippen LogP contribution in [-0.2, 0) is 9.59 Å². The van der Waals surface area contributed by atoms with E-state index in [0.29, 0.717) is 5.56 Å². The fourth-order valence-electron chi connectivity index (χ4n) is 1.14. The molecule has 1 aromatic carbocycles. The maximum absolute atomic E-state index is 11.0. The Kier molecular flexibility index (Phi) is 3.39. The third-order valence-corrected chi connectivity index (χ3v) is 2.00. The standard InChI is InChI=1S/C12H12O3/c1-8-3-5-10(6-4-8)7-11(9(2)13)12(14)15/h3-7H,1-2H3,(H,14,15). The van der Waals surface area contributed by atoms with Crippen LogP contribution in [0.1, 0.15) is 18.1 Å². The highest BCUT2D eigenvalue weighted by molar-refractivity contribution is 6.19. The molecule has 1 N–H and O–H groups in total. The van der Waals surface area contributed by atoms with Crippen molar-refractivity contribution < 1.29 is 14.7 Å². The van der Waals surface area contributed by atoms with E-state index >= 15 is 0 Å². The minimum Gasteiger partial charge on any atom is -0.478 e. The molecule has 0 heterocycles. The zero-order chi connectivity index (χ0) is 11.4. The van der Waals surface area contributed by atoms with E-state index in [1.165, 1.54) is 13.0 Å². The predicted octanol–water partition coefficient (Wildman–Crippen LogP) is 2.05. The molecule has 1 aromatic rings. The van der Waals surface area contributed by atoms with Gasteiger partial charge in [0.25, 0.3) is 0 Å². The van der Waals surface area contributed by atoms with Gasteiger partial charge in [0.2, 0.25) is 0 Å². The van der Waals surface area contributed by atoms with Crippen LogP contribution in [0.2, 0.25) is 0 Å². The molecule has 0 atom stereocenters. The molecule has 0 unspecified atom stereocenters. The van der Waals surface area contributed by atoms with Crippen LogP contribution in [0.25, 0.3) is 6.08 Å². The molecule has 15 heavy (non-hydrogen) atoms. The van der Waals surface area contributed by atoms with Gasteiger partial charge in [0, 0.05) is 0 Å². The van der Waals surface area contributed by atoms with Crippen LogP contribution in [0.5, 0.6) is 0 Å². The van der Waals surface area contributed by atoms with Crippen molar-refractivity contribution in [2.75, 3.05) is 0 Å². The molecule has 78 valence electrons. The fourth-order valence-corrected chi connectivity index (χ4v) is 1.14. The van der Waals surface area contributed by atoms with E-state index in [-0.39, 0.29) is 5.57 Å². The maximum Gasteiger partial charge on any atom is 0.339 e. The molecule has 0 saturated carbocycles. The van der Waals surface area contributed by atoms with Crippen molar-refractivity contribution in [3.05, 3.63) is 41.0 Å². The highest BCUT2D eigenvalue weighted by Gasteiger charge is 2.11. The number of Topliss-reactive ketones (excluding diaryl/α,β-unsaturated/α-hetero) is 1. The van der Waals surface area contributed by atoms with E-state index < -0.39 is 11.8 Å². The Morgan fingerprint density at radius 3 is 2.13 bits per heavy atom. The Hall–Kier alpha value is -1.90. The summed E-state index contributed by atoms with van der Waals surface area (Å²) in [7, 11) is 0. The highest BCUT2D eigenvalue weighted by atomic mass is 16.4. The minimum atomic E-state index is -1.19. The summed E-state index contributed by atoms with van der Waals surface area (Å²) in [6.45, 7) is 3.19. The first-order valence-electron chi connectivity index (χ1n) is 4.53. The summed E-state index contributed by atoms with van der Waals surface area (Å²) in [5.74, 6) is -1.63. The largest absolute Gasteiger partial charge is 0.478 e. The Morgan fingerprint density at radius 1 is 1.20 bits per heavy atom. The molecule has 3 heteroatoms. The van der Waals surface area contributed by atoms with Crippen molar-refractivity contribution in [1.29, 1.82) is 0 Å². The van der Waals surface area contributed by atoms with E-state index in [2.05, 4.69) is 0 Å². The third kappa shape index (κ3) is 3.06. The molecule has 0 aliphatic rings. The summed E-state index contributed by atoms with van der Waals surface area (Å²) >= 11 is 0. The van der Waals surface area contributed by atoms with Gasteiger partial charge in [-0.2, -0.15) is 0 Å². The lowest BCUT2D eigenvalue weighted by atomic mass is 10.1. The Morgan fingerprint density at radius 2 is 1.73 bits per heavy atom. The van der Waals surface area contributed by atoms with Crippen molar-refractivity contribution in [3.8, 4) is 0 Å². The van der Waals surface area contributed by atoms with E-state index in [4.69, 9.17) is 5.11 Å². The summed E-state index contributed by atoms with van der Waals surface area (Å²) < 4.78 is 0. The first-order valence-corrected chi connectivity index (χ1v) is 4.53. The van der Waals surface area contributed by atoms with Crippen molar-refractivity contribution in [3.63, 3.8) is 0 Å². The Bertz CT molecular complexity index is 397. The Balaban J connectivity index is 3.08. The van der Waals surface area contributed by atoms with Gasteiger partial charge >= 0.3 is 5.97 Å². The molecule has 0 amide bonds. The number of carboxylic acids is 1. The molecular weight excluding hydrogens is 192 g/mol. The van der Waals surface area contributed by atoms with Gasteiger partial charge in [-0.3, -0.25) is 4.79 Å². The molecule has 0 aromatic heterocycles. The minimum absolute atomic E-state index is 0.196. The van der Waals surface area contributed by atoms with Gasteiger partial charge in [0.05, 0.1) is 0 Å². The number of ketones is 1. The molecule has 0 spiro atoms. The second-order valence-corrected chi connectivity index (χ2v) is 3.33. The number of carboxylic acid groups (broad SMARTS) is 1. The van der Waals surface area contributed by atoms with Crippen LogP contribution < -0.4 is 0 Å². The summed E-state index contributed by atoms with van der Waals surface area (Å²) in [5, 5.41) is 8.77. The van der Waals surface area contributed by atoms with Crippen molar-refractivity contribution in [1.82, 2.24) is 0 Å². The Labute approximate surface area is 88.0 Å². The monoisotopic (exact) mass is 204 g/mol. The zero-order valence-corrected chi connectivity index (χ0v) is 8.65. The van der Waals surface area contributed by atoms with Gasteiger partial charge < -0.3 is 5.11 Å². The van der Waals surface area contributed by atoms with Gasteiger partial charge in [0.15, 0.2) is 5.78 Å². The smallest absolute Gasteiger partial charge is 0.339 e. The zero-order valence-electron chi connectivity index (χ0n) is 8.65. The molecule has 0 saturated heterocycles. The molecular formula is C12H12O3. The lowest BCUT2D eigenvalue weighted by Crippen LogP contribution is -2.08. The molecule has 0 bridgehead atoms. The predicted molar refractivity (Wildman–Crippen MR) is 57.5 cm³/mol. The summed E-state index contributed by atoms with van der Waals surface area (Å²) in [6.07, 6.45) is 1.38. The van der Waals surface area contributed by atoms with Gasteiger partial charge in [-0.25, -0.2) is 4.79 Å². The first kappa shape index (κ1) is 11.2. The van der Waals surface area contributed by atoms with Crippen molar-refractivity contribution in [2.24, 2.45) is 0 Å². The quantitative estimate of drug-likeness (QED) is 0.465. The second kappa shape index (κ2) is 4.55. The van der Waals surface area contributed by atoms with Crippen LogP contribution in [0.3, 0.4) is 0 Å². The number of benzene rings is 1. The maximum atomic E-state index is 11.0. The van der Waals surface area contributed by atoms with Crippen molar-refractivity contribution >= 4 is 17.8 Å². The number of hydrogen-bond donors (Lipinski definition) is 1. The van der Waals surface area contributed by atoms with Crippen LogP contribution in [-0.4, -0.2) is 16.9 Å². The first-order chi connectivity index (χ1) is 7.00. The number of carbonyl (C=O) groups is 2. The lowest BCUT2D eigenvalue weighted by Gasteiger charge is -1.98. The number of carbonyl (C=O) groups excluding carboxylic acids is 1. The van der Waals surface area contributed by atoms with Crippen LogP contribution in [0, 0.1) is 6.92 Å². The molecule has 0 aliphatic heterocycles. The molecule has 0 radical (unpaired) electrons. The normalized spacial score (nSPS) is 11.2. The summed E-state index contributed by atoms with van der Waals surface area (Å²) in [4.78, 5) is 21.7. The van der Waals surface area contributed by atoms with Gasteiger partial charge in [-0.15, -0.1) is 0 Å². The fraction of sp³-hybridized carbons (Fsp3) is 0.167. The van der Waals surface area contributed by atoms with Gasteiger partial charge in [-0.1, -0.05) is 29.8 Å². The van der Waals surface area contributed by atoms with Gasteiger partial charge in [-0.05, 0) is 25.5 Å². The average Bonchev–Trinajstić information content (AvgIpc) is 2.15. The molecule has 0 aliphatic carbocycles. The average molecular weight is 204 g/mol. The molecule has 1 rings (SSSR count). The number of hydrogen-bond acceptors (Lipinski definition) is 2. The third-order valence-electron chi connectivity index (χ3n) is 2.00. The van der Waals surface area contributed by atoms with E-state index in [9.17, 15) is 9.59 Å². The number of aryl methyl sites for hydroxylation is 1. The topological polar surface area (TPSA) is 54.4 Å². The molecule has 0 fully saturated rings. The summed E-state index contributed by atoms with van der Waals surface area (Å²) in [5.41, 5.74) is 1.61. The van der Waals surface area contributed by atoms with Crippen LogP contribution in [0.15, 0.2) is 29.8 Å². The van der Waals surface area contributed by atoms with E-state index in [1.54, 1.807) is 12.1 Å². The highest BCUT2D eigenvalue weighted by Crippen LogP contribution is 2.09. The number of rotatable bonds is 3. The number of aliphatic carboxylic acids is 1. The van der Waals surface area contributed by atoms with E-state index in [1.807, 2.05) is 19.1 Å².